The van der Waals surface area contributed by atoms with Gasteiger partial charge in [0.1, 0.15) is 0 Å². The fraction of sp³-hybridized carbons (Fsp3) is 0.176. The number of nitrogens with zero attached hydrogens (tertiary/aromatic N) is 1. The minimum atomic E-state index is -1.01. The lowest BCUT2D eigenvalue weighted by atomic mass is 10.0. The van der Waals surface area contributed by atoms with E-state index in [0.717, 1.165) is 16.0 Å². The molecule has 1 unspecified atom stereocenters. The lowest BCUT2D eigenvalue weighted by Gasteiger charge is -2.33. The maximum absolute atomic E-state index is 12.9. The van der Waals surface area contributed by atoms with E-state index >= 15 is 0 Å². The second-order valence-electron chi connectivity index (χ2n) is 5.50. The number of para-hydroxylation sites is 1. The van der Waals surface area contributed by atoms with Gasteiger partial charge < -0.3 is 0 Å². The summed E-state index contributed by atoms with van der Waals surface area (Å²) in [6, 6.07) is 13.1. The molecule has 0 N–H and O–H groups in total. The summed E-state index contributed by atoms with van der Waals surface area (Å²) in [6.45, 7) is 1.99. The van der Waals surface area contributed by atoms with Gasteiger partial charge in [-0.1, -0.05) is 41.4 Å². The number of carbonyl (C=O) groups excluding carboxylic acids is 2. The SMILES string of the molecule is Cc1ccc2c(c1)C1(SCC(=O)N1c1ccccc1Cl)C(=O)S2. The van der Waals surface area contributed by atoms with Gasteiger partial charge in [0.2, 0.25) is 11.0 Å². The van der Waals surface area contributed by atoms with Crippen LogP contribution in [0.1, 0.15) is 11.1 Å². The summed E-state index contributed by atoms with van der Waals surface area (Å²) in [6.07, 6.45) is 0. The molecule has 0 aliphatic carbocycles. The molecule has 2 heterocycles. The molecule has 2 aromatic rings. The molecule has 2 aromatic carbocycles. The summed E-state index contributed by atoms with van der Waals surface area (Å²) in [5.41, 5.74) is 2.55. The molecule has 0 bridgehead atoms. The van der Waals surface area contributed by atoms with Gasteiger partial charge in [0.15, 0.2) is 4.87 Å². The number of halogens is 1. The maximum Gasteiger partial charge on any atom is 0.238 e. The van der Waals surface area contributed by atoms with Gasteiger partial charge in [-0.3, -0.25) is 14.5 Å². The van der Waals surface area contributed by atoms with E-state index in [4.69, 9.17) is 11.6 Å². The lowest BCUT2D eigenvalue weighted by Crippen LogP contribution is -2.45. The monoisotopic (exact) mass is 361 g/mol. The number of hydrogen-bond acceptors (Lipinski definition) is 4. The van der Waals surface area contributed by atoms with Crippen LogP contribution < -0.4 is 4.90 Å². The third-order valence-corrected chi connectivity index (χ3v) is 6.94. The summed E-state index contributed by atoms with van der Waals surface area (Å²) in [4.78, 5) is 27.0. The van der Waals surface area contributed by atoms with Crippen LogP contribution >= 0.6 is 35.1 Å². The summed E-state index contributed by atoms with van der Waals surface area (Å²) in [5.74, 6) is 0.177. The first-order valence-corrected chi connectivity index (χ1v) is 9.27. The quantitative estimate of drug-likeness (QED) is 0.762. The van der Waals surface area contributed by atoms with Crippen molar-refractivity contribution < 1.29 is 9.59 Å². The highest BCUT2D eigenvalue weighted by Crippen LogP contribution is 2.58. The molecule has 1 spiro atoms. The van der Waals surface area contributed by atoms with E-state index < -0.39 is 4.87 Å². The second kappa shape index (κ2) is 5.30. The van der Waals surface area contributed by atoms with Crippen LogP contribution in [0.15, 0.2) is 47.4 Å². The van der Waals surface area contributed by atoms with E-state index in [1.807, 2.05) is 37.3 Å². The van der Waals surface area contributed by atoms with Crippen molar-refractivity contribution in [1.82, 2.24) is 0 Å². The number of thioether (sulfide) groups is 2. The van der Waals surface area contributed by atoms with Crippen LogP contribution in [0.5, 0.6) is 0 Å². The highest BCUT2D eigenvalue weighted by atomic mass is 35.5. The van der Waals surface area contributed by atoms with Gasteiger partial charge in [-0.05, 0) is 36.9 Å². The molecule has 6 heteroatoms. The lowest BCUT2D eigenvalue weighted by molar-refractivity contribution is -0.119. The molecule has 0 aromatic heterocycles. The molecule has 1 amide bonds. The molecule has 1 fully saturated rings. The van der Waals surface area contributed by atoms with E-state index in [1.54, 1.807) is 17.0 Å². The molecule has 1 saturated heterocycles. The fourth-order valence-electron chi connectivity index (χ4n) is 3.03. The molecule has 2 aliphatic heterocycles. The van der Waals surface area contributed by atoms with Crippen molar-refractivity contribution in [3.8, 4) is 0 Å². The van der Waals surface area contributed by atoms with Crippen LogP contribution in [-0.2, 0) is 14.5 Å². The Morgan fingerprint density at radius 2 is 1.96 bits per heavy atom. The van der Waals surface area contributed by atoms with Gasteiger partial charge in [0.05, 0.1) is 16.5 Å². The Balaban J connectivity index is 1.97. The average Bonchev–Trinajstić information content (AvgIpc) is 3.00. The van der Waals surface area contributed by atoms with Crippen LogP contribution in [0.3, 0.4) is 0 Å². The molecule has 2 aliphatic rings. The van der Waals surface area contributed by atoms with Crippen molar-refractivity contribution in [2.24, 2.45) is 0 Å². The first-order chi connectivity index (χ1) is 11.0. The maximum atomic E-state index is 12.9. The molecule has 23 heavy (non-hydrogen) atoms. The van der Waals surface area contributed by atoms with Gasteiger partial charge in [0.25, 0.3) is 0 Å². The van der Waals surface area contributed by atoms with Gasteiger partial charge in [-0.2, -0.15) is 0 Å². The van der Waals surface area contributed by atoms with Crippen molar-refractivity contribution in [3.05, 3.63) is 58.6 Å². The molecule has 1 atom stereocenters. The smallest absolute Gasteiger partial charge is 0.238 e. The Hall–Kier alpha value is -1.43. The third-order valence-electron chi connectivity index (χ3n) is 4.04. The second-order valence-corrected chi connectivity index (χ2v) is 8.09. The minimum absolute atomic E-state index is 0.0335. The highest BCUT2D eigenvalue weighted by Gasteiger charge is 2.58. The molecular weight excluding hydrogens is 350 g/mol. The largest absolute Gasteiger partial charge is 0.283 e. The van der Waals surface area contributed by atoms with Crippen LogP contribution in [0, 0.1) is 6.92 Å². The summed E-state index contributed by atoms with van der Waals surface area (Å²) in [5, 5.41) is 0.440. The zero-order valence-electron chi connectivity index (χ0n) is 12.2. The van der Waals surface area contributed by atoms with E-state index in [-0.39, 0.29) is 16.8 Å². The predicted octanol–water partition coefficient (Wildman–Crippen LogP) is 4.21. The number of fused-ring (bicyclic) bond motifs is 2. The number of amides is 1. The van der Waals surface area contributed by atoms with Crippen LogP contribution in [-0.4, -0.2) is 16.8 Å². The number of aryl methyl sites for hydroxylation is 1. The standard InChI is InChI=1S/C17H12ClNO2S2/c1-10-6-7-14-11(8-10)17(16(21)23-14)19(15(20)9-22-17)13-5-3-2-4-12(13)18/h2-8H,9H2,1H3. The molecule has 3 nitrogen and oxygen atoms in total. The van der Waals surface area contributed by atoms with Crippen LogP contribution in [0.4, 0.5) is 5.69 Å². The van der Waals surface area contributed by atoms with Crippen LogP contribution in [0.2, 0.25) is 5.02 Å². The van der Waals surface area contributed by atoms with E-state index in [2.05, 4.69) is 0 Å². The first-order valence-electron chi connectivity index (χ1n) is 7.09. The summed E-state index contributed by atoms with van der Waals surface area (Å²) < 4.78 is 0. The number of carbonyl (C=O) groups is 2. The normalized spacial score (nSPS) is 23.0. The first kappa shape index (κ1) is 15.1. The van der Waals surface area contributed by atoms with Crippen LogP contribution in [0.25, 0.3) is 0 Å². The highest BCUT2D eigenvalue weighted by molar-refractivity contribution is 8.17. The zero-order chi connectivity index (χ0) is 16.2. The number of benzene rings is 2. The summed E-state index contributed by atoms with van der Waals surface area (Å²) in [7, 11) is 0. The number of hydrogen-bond donors (Lipinski definition) is 0. The van der Waals surface area contributed by atoms with Gasteiger partial charge in [-0.25, -0.2) is 0 Å². The molecular formula is C17H12ClNO2S2. The van der Waals surface area contributed by atoms with E-state index in [1.165, 1.54) is 23.5 Å². The Morgan fingerprint density at radius 1 is 1.17 bits per heavy atom. The Bertz CT molecular complexity index is 854. The third kappa shape index (κ3) is 2.07. The van der Waals surface area contributed by atoms with Crippen molar-refractivity contribution in [3.63, 3.8) is 0 Å². The molecule has 116 valence electrons. The Labute approximate surface area is 147 Å². The molecule has 4 rings (SSSR count). The average molecular weight is 362 g/mol. The van der Waals surface area contributed by atoms with Crippen molar-refractivity contribution in [2.45, 2.75) is 16.7 Å². The Morgan fingerprint density at radius 3 is 2.74 bits per heavy atom. The molecule has 0 saturated carbocycles. The van der Waals surface area contributed by atoms with Gasteiger partial charge in [-0.15, -0.1) is 11.8 Å². The van der Waals surface area contributed by atoms with Gasteiger partial charge in [0, 0.05) is 10.5 Å². The summed E-state index contributed by atoms with van der Waals surface area (Å²) >= 11 is 8.90. The van der Waals surface area contributed by atoms with Gasteiger partial charge >= 0.3 is 0 Å². The predicted molar refractivity (Wildman–Crippen MR) is 95.1 cm³/mol. The van der Waals surface area contributed by atoms with E-state index in [9.17, 15) is 9.59 Å². The number of anilines is 1. The minimum Gasteiger partial charge on any atom is -0.283 e. The van der Waals surface area contributed by atoms with Crippen molar-refractivity contribution in [1.29, 1.82) is 0 Å². The Kier molecular flexibility index (Phi) is 3.48. The fourth-order valence-corrected chi connectivity index (χ4v) is 5.84. The molecule has 0 radical (unpaired) electrons. The van der Waals surface area contributed by atoms with Crippen molar-refractivity contribution >= 4 is 51.8 Å². The topological polar surface area (TPSA) is 37.4 Å². The zero-order valence-corrected chi connectivity index (χ0v) is 14.6. The number of rotatable bonds is 1. The van der Waals surface area contributed by atoms with E-state index in [0.29, 0.717) is 10.7 Å². The van der Waals surface area contributed by atoms with Crippen molar-refractivity contribution in [2.75, 3.05) is 10.7 Å².